The smallest absolute Gasteiger partial charge is 0.375 e. The molecule has 1 unspecified atom stereocenters. The monoisotopic (exact) mass is 469 g/mol. The Labute approximate surface area is 161 Å². The van der Waals surface area contributed by atoms with Gasteiger partial charge >= 0.3 is 35.8 Å². The highest BCUT2D eigenvalue weighted by atomic mass is 19.4. The molecule has 0 bridgehead atoms. The lowest BCUT2D eigenvalue weighted by atomic mass is 9.80. The van der Waals surface area contributed by atoms with Crippen molar-refractivity contribution in [3.8, 4) is 0 Å². The fraction of sp³-hybridized carbons (Fsp3) is 0.875. The molecule has 0 N–H and O–H groups in total. The Bertz CT molecular complexity index is 659. The summed E-state index contributed by atoms with van der Waals surface area (Å²) < 4.78 is 174. The van der Waals surface area contributed by atoms with E-state index in [1.807, 2.05) is 0 Å². The Balaban J connectivity index is 2.50. The number of nitrogens with zero attached hydrogens (tertiary/aromatic N) is 1. The number of rotatable bonds is 6. The van der Waals surface area contributed by atoms with Gasteiger partial charge in [-0.25, -0.2) is 0 Å². The molecule has 2 rings (SSSR count). The summed E-state index contributed by atoms with van der Waals surface area (Å²) in [5.41, 5.74) is -0.537. The Morgan fingerprint density at radius 2 is 1.10 bits per heavy atom. The minimum absolute atomic E-state index is 0.0860. The van der Waals surface area contributed by atoms with Crippen molar-refractivity contribution in [2.45, 2.75) is 67.9 Å². The van der Waals surface area contributed by atoms with Crippen molar-refractivity contribution in [2.24, 2.45) is 5.92 Å². The van der Waals surface area contributed by atoms with Gasteiger partial charge in [-0.15, -0.1) is 0 Å². The predicted molar refractivity (Wildman–Crippen MR) is 77.0 cm³/mol. The third-order valence-electron chi connectivity index (χ3n) is 5.27. The molecule has 0 aromatic rings. The molecule has 0 aromatic carbocycles. The zero-order chi connectivity index (χ0) is 23.4. The Morgan fingerprint density at radius 1 is 0.633 bits per heavy atom. The van der Waals surface area contributed by atoms with Crippen molar-refractivity contribution in [1.82, 2.24) is 4.90 Å². The molecule has 1 saturated heterocycles. The van der Waals surface area contributed by atoms with E-state index in [9.17, 15) is 57.1 Å². The number of hydrogen-bond acceptors (Lipinski definition) is 1. The first-order valence-electron chi connectivity index (χ1n) is 8.75. The highest BCUT2D eigenvalue weighted by molar-refractivity contribution is 5.20. The number of allylic oxidation sites excluding steroid dienone is 2. The molecule has 2 aliphatic rings. The van der Waals surface area contributed by atoms with Crippen LogP contribution in [-0.2, 0) is 0 Å². The van der Waals surface area contributed by atoms with Crippen molar-refractivity contribution in [1.29, 1.82) is 0 Å². The first kappa shape index (κ1) is 24.9. The molecule has 14 heteroatoms. The topological polar surface area (TPSA) is 3.24 Å². The summed E-state index contributed by atoms with van der Waals surface area (Å²) in [5, 5.41) is 0. The molecule has 30 heavy (non-hydrogen) atoms. The maximum Gasteiger partial charge on any atom is 0.460 e. The average Bonchev–Trinajstić information content (AvgIpc) is 3.14. The van der Waals surface area contributed by atoms with Crippen LogP contribution < -0.4 is 0 Å². The highest BCUT2D eigenvalue weighted by Crippen LogP contribution is 2.62. The first-order chi connectivity index (χ1) is 13.3. The lowest BCUT2D eigenvalue weighted by molar-refractivity contribution is -0.442. The normalized spacial score (nSPS) is 23.0. The fourth-order valence-corrected chi connectivity index (χ4v) is 3.55. The van der Waals surface area contributed by atoms with Gasteiger partial charge in [-0.3, -0.25) is 0 Å². The maximum atomic E-state index is 14.5. The predicted octanol–water partition coefficient (Wildman–Crippen LogP) is 6.51. The second kappa shape index (κ2) is 7.35. The van der Waals surface area contributed by atoms with E-state index in [4.69, 9.17) is 0 Å². The molecule has 0 radical (unpaired) electrons. The number of alkyl halides is 13. The summed E-state index contributed by atoms with van der Waals surface area (Å²) in [5.74, 6) is -39.3. The van der Waals surface area contributed by atoms with Crippen LogP contribution >= 0.6 is 0 Å². The molecule has 0 saturated carbocycles. The third kappa shape index (κ3) is 3.41. The largest absolute Gasteiger partial charge is 0.460 e. The van der Waals surface area contributed by atoms with Gasteiger partial charge < -0.3 is 4.90 Å². The molecule has 0 spiro atoms. The summed E-state index contributed by atoms with van der Waals surface area (Å²) >= 11 is 0. The first-order valence-corrected chi connectivity index (χ1v) is 8.75. The van der Waals surface area contributed by atoms with E-state index in [1.165, 1.54) is 0 Å². The summed E-state index contributed by atoms with van der Waals surface area (Å²) in [4.78, 5) is 1.16. The molecule has 1 atom stereocenters. The SMILES string of the molecule is FC(F)(F)C(F)(F)C(F)(F)C(F)(F)C(F)(F)C(F)(F)C1CCCC=C1N1CCCC1. The standard InChI is InChI=1S/C16H16F13N/c17-11(18,9-5-1-2-6-10(9)30-7-3-4-8-30)12(19,20)13(21,22)14(23,24)15(25,26)16(27,28)29/h6,9H,1-5,7-8H2. The Kier molecular flexibility index (Phi) is 6.10. The van der Waals surface area contributed by atoms with E-state index in [0.29, 0.717) is 12.8 Å². The molecule has 0 amide bonds. The van der Waals surface area contributed by atoms with E-state index in [-0.39, 0.29) is 25.9 Å². The molecular weight excluding hydrogens is 453 g/mol. The Morgan fingerprint density at radius 3 is 1.57 bits per heavy atom. The van der Waals surface area contributed by atoms with Crippen molar-refractivity contribution in [2.75, 3.05) is 13.1 Å². The van der Waals surface area contributed by atoms with Gasteiger partial charge in [-0.2, -0.15) is 57.1 Å². The molecule has 1 aliphatic heterocycles. The lowest BCUT2D eigenvalue weighted by Crippen LogP contribution is -2.71. The van der Waals surface area contributed by atoms with E-state index in [0.717, 1.165) is 11.0 Å². The molecule has 0 aromatic heterocycles. The van der Waals surface area contributed by atoms with Crippen LogP contribution in [0.2, 0.25) is 0 Å². The molecule has 1 fully saturated rings. The minimum Gasteiger partial charge on any atom is -0.375 e. The lowest BCUT2D eigenvalue weighted by Gasteiger charge is -2.44. The Hall–Kier alpha value is -1.37. The molecule has 1 aliphatic carbocycles. The van der Waals surface area contributed by atoms with Crippen LogP contribution in [0.15, 0.2) is 11.8 Å². The van der Waals surface area contributed by atoms with Crippen LogP contribution in [0.5, 0.6) is 0 Å². The van der Waals surface area contributed by atoms with E-state index < -0.39 is 53.8 Å². The number of likely N-dealkylation sites (tertiary alicyclic amines) is 1. The minimum atomic E-state index is -7.85. The second-order valence-corrected chi connectivity index (χ2v) is 7.22. The average molecular weight is 469 g/mol. The summed E-state index contributed by atoms with van der Waals surface area (Å²) in [6, 6.07) is 0. The number of halogens is 13. The molecular formula is C16H16F13N. The van der Waals surface area contributed by atoms with Gasteiger partial charge in [0.25, 0.3) is 0 Å². The third-order valence-corrected chi connectivity index (χ3v) is 5.27. The summed E-state index contributed by atoms with van der Waals surface area (Å²) in [6.45, 7) is 0.172. The van der Waals surface area contributed by atoms with Crippen molar-refractivity contribution < 1.29 is 57.1 Å². The van der Waals surface area contributed by atoms with Crippen molar-refractivity contribution in [3.05, 3.63) is 11.8 Å². The van der Waals surface area contributed by atoms with E-state index in [1.54, 1.807) is 0 Å². The van der Waals surface area contributed by atoms with E-state index in [2.05, 4.69) is 0 Å². The van der Waals surface area contributed by atoms with Gasteiger partial charge in [0.15, 0.2) is 0 Å². The quantitative estimate of drug-likeness (QED) is 0.402. The van der Waals surface area contributed by atoms with Crippen LogP contribution in [0.4, 0.5) is 57.1 Å². The summed E-state index contributed by atoms with van der Waals surface area (Å²) in [6.07, 6.45) is -6.49. The van der Waals surface area contributed by atoms with Gasteiger partial charge in [0.1, 0.15) is 0 Å². The molecule has 1 nitrogen and oxygen atoms in total. The zero-order valence-corrected chi connectivity index (χ0v) is 15.0. The van der Waals surface area contributed by atoms with E-state index >= 15 is 0 Å². The molecule has 176 valence electrons. The van der Waals surface area contributed by atoms with Crippen molar-refractivity contribution in [3.63, 3.8) is 0 Å². The fourth-order valence-electron chi connectivity index (χ4n) is 3.55. The second-order valence-electron chi connectivity index (χ2n) is 7.22. The zero-order valence-electron chi connectivity index (χ0n) is 15.0. The van der Waals surface area contributed by atoms with Gasteiger partial charge in [-0.1, -0.05) is 6.08 Å². The number of hydrogen-bond donors (Lipinski definition) is 0. The highest BCUT2D eigenvalue weighted by Gasteiger charge is 2.91. The van der Waals surface area contributed by atoms with Gasteiger partial charge in [0.2, 0.25) is 0 Å². The van der Waals surface area contributed by atoms with Crippen LogP contribution in [0.1, 0.15) is 32.1 Å². The molecule has 1 heterocycles. The van der Waals surface area contributed by atoms with Crippen LogP contribution in [0, 0.1) is 5.92 Å². The van der Waals surface area contributed by atoms with Gasteiger partial charge in [0, 0.05) is 18.8 Å². The summed E-state index contributed by atoms with van der Waals surface area (Å²) in [7, 11) is 0. The van der Waals surface area contributed by atoms with Crippen LogP contribution in [0.25, 0.3) is 0 Å². The van der Waals surface area contributed by atoms with Gasteiger partial charge in [-0.05, 0) is 32.1 Å². The van der Waals surface area contributed by atoms with Gasteiger partial charge in [0.05, 0.1) is 5.92 Å². The van der Waals surface area contributed by atoms with Crippen LogP contribution in [0.3, 0.4) is 0 Å². The van der Waals surface area contributed by atoms with Crippen LogP contribution in [-0.4, -0.2) is 53.8 Å². The maximum absolute atomic E-state index is 14.5. The van der Waals surface area contributed by atoms with Crippen molar-refractivity contribution >= 4 is 0 Å².